The van der Waals surface area contributed by atoms with Crippen molar-refractivity contribution in [1.29, 1.82) is 0 Å². The van der Waals surface area contributed by atoms with Gasteiger partial charge < -0.3 is 0 Å². The van der Waals surface area contributed by atoms with E-state index in [9.17, 15) is 14.4 Å². The van der Waals surface area contributed by atoms with Gasteiger partial charge in [0.1, 0.15) is 5.92 Å². The number of nitrogens with one attached hydrogen (secondary N) is 1. The highest BCUT2D eigenvalue weighted by Crippen LogP contribution is 2.34. The minimum Gasteiger partial charge on any atom is -0.277 e. The van der Waals surface area contributed by atoms with E-state index in [0.717, 1.165) is 30.6 Å². The van der Waals surface area contributed by atoms with Crippen molar-refractivity contribution in [1.82, 2.24) is 15.2 Å². The zero-order chi connectivity index (χ0) is 14.8. The van der Waals surface area contributed by atoms with Crippen LogP contribution in [0.3, 0.4) is 0 Å². The first-order valence-electron chi connectivity index (χ1n) is 7.23. The minimum absolute atomic E-state index is 0.0526. The predicted molar refractivity (Wildman–Crippen MR) is 73.8 cm³/mol. The van der Waals surface area contributed by atoms with Gasteiger partial charge in [-0.3, -0.25) is 24.8 Å². The highest BCUT2D eigenvalue weighted by molar-refractivity contribution is 6.16. The summed E-state index contributed by atoms with van der Waals surface area (Å²) in [5, 5.41) is 2.31. The number of rotatable bonds is 3. The number of aromatic nitrogens is 1. The molecule has 110 valence electrons. The molecule has 1 aromatic rings. The van der Waals surface area contributed by atoms with E-state index >= 15 is 0 Å². The number of barbiturate groups is 1. The first-order chi connectivity index (χ1) is 10.2. The van der Waals surface area contributed by atoms with Crippen LogP contribution in [0.4, 0.5) is 4.79 Å². The quantitative estimate of drug-likeness (QED) is 0.854. The number of carbonyl (C=O) groups excluding carboxylic acids is 3. The smallest absolute Gasteiger partial charge is 0.277 e. The summed E-state index contributed by atoms with van der Waals surface area (Å²) >= 11 is 0. The van der Waals surface area contributed by atoms with Crippen LogP contribution in [-0.4, -0.2) is 27.7 Å². The number of carbonyl (C=O) groups is 3. The van der Waals surface area contributed by atoms with Crippen molar-refractivity contribution in [2.75, 3.05) is 0 Å². The number of hydrogen-bond acceptors (Lipinski definition) is 4. The molecule has 1 aliphatic carbocycles. The average Bonchev–Trinajstić information content (AvgIpc) is 2.98. The lowest BCUT2D eigenvalue weighted by atomic mass is 9.87. The molecule has 1 unspecified atom stereocenters. The van der Waals surface area contributed by atoms with Crippen molar-refractivity contribution in [2.24, 2.45) is 11.8 Å². The third kappa shape index (κ3) is 2.66. The highest BCUT2D eigenvalue weighted by atomic mass is 16.2. The molecule has 2 heterocycles. The Hall–Kier alpha value is -2.24. The van der Waals surface area contributed by atoms with Gasteiger partial charge in [0.05, 0.1) is 12.2 Å². The van der Waals surface area contributed by atoms with E-state index in [1.165, 1.54) is 0 Å². The fourth-order valence-corrected chi connectivity index (χ4v) is 3.14. The second-order valence-electron chi connectivity index (χ2n) is 5.56. The molecule has 4 amide bonds. The van der Waals surface area contributed by atoms with Gasteiger partial charge in [-0.1, -0.05) is 18.9 Å². The van der Waals surface area contributed by atoms with Crippen LogP contribution in [0.2, 0.25) is 0 Å². The Morgan fingerprint density at radius 2 is 1.95 bits per heavy atom. The van der Waals surface area contributed by atoms with Gasteiger partial charge in [0.15, 0.2) is 0 Å². The maximum absolute atomic E-state index is 12.6. The maximum atomic E-state index is 12.6. The molecule has 0 aromatic carbocycles. The largest absolute Gasteiger partial charge is 0.331 e. The molecule has 6 heteroatoms. The van der Waals surface area contributed by atoms with Crippen LogP contribution in [0.25, 0.3) is 0 Å². The second kappa shape index (κ2) is 5.63. The summed E-state index contributed by atoms with van der Waals surface area (Å²) in [5.74, 6) is -1.51. The van der Waals surface area contributed by atoms with Gasteiger partial charge >= 0.3 is 6.03 Å². The van der Waals surface area contributed by atoms with Gasteiger partial charge in [-0.25, -0.2) is 4.79 Å². The third-order valence-electron chi connectivity index (χ3n) is 4.21. The molecule has 6 nitrogen and oxygen atoms in total. The minimum atomic E-state index is -0.728. The van der Waals surface area contributed by atoms with Crippen molar-refractivity contribution in [3.8, 4) is 0 Å². The number of imide groups is 2. The van der Waals surface area contributed by atoms with Crippen LogP contribution < -0.4 is 5.32 Å². The molecular formula is C15H17N3O3. The van der Waals surface area contributed by atoms with Crippen molar-refractivity contribution >= 4 is 17.8 Å². The van der Waals surface area contributed by atoms with E-state index in [1.807, 2.05) is 0 Å². The number of urea groups is 1. The van der Waals surface area contributed by atoms with E-state index in [0.29, 0.717) is 5.69 Å². The van der Waals surface area contributed by atoms with E-state index < -0.39 is 17.9 Å². The Morgan fingerprint density at radius 3 is 2.62 bits per heavy atom. The summed E-state index contributed by atoms with van der Waals surface area (Å²) in [4.78, 5) is 41.7. The van der Waals surface area contributed by atoms with E-state index in [-0.39, 0.29) is 18.4 Å². The molecule has 1 N–H and O–H groups in total. The fourth-order valence-electron chi connectivity index (χ4n) is 3.14. The molecule has 0 radical (unpaired) electrons. The zero-order valence-electron chi connectivity index (χ0n) is 11.6. The second-order valence-corrected chi connectivity index (χ2v) is 5.56. The Morgan fingerprint density at radius 1 is 1.19 bits per heavy atom. The molecule has 21 heavy (non-hydrogen) atoms. The Balaban J connectivity index is 1.80. The standard InChI is InChI=1S/C15H17N3O3/c19-13-12(10-5-1-2-6-10)14(20)18(15(21)17-13)9-11-7-3-4-8-16-11/h3-4,7-8,10,12H,1-2,5-6,9H2,(H,17,19,21). The lowest BCUT2D eigenvalue weighted by Crippen LogP contribution is -2.59. The van der Waals surface area contributed by atoms with Crippen LogP contribution in [0.5, 0.6) is 0 Å². The fraction of sp³-hybridized carbons (Fsp3) is 0.467. The predicted octanol–water partition coefficient (Wildman–Crippen LogP) is 1.47. The molecule has 1 aliphatic heterocycles. The summed E-state index contributed by atoms with van der Waals surface area (Å²) < 4.78 is 0. The van der Waals surface area contributed by atoms with Crippen molar-refractivity contribution < 1.29 is 14.4 Å². The maximum Gasteiger partial charge on any atom is 0.331 e. The molecule has 1 aromatic heterocycles. The Labute approximate surface area is 122 Å². The number of pyridine rings is 1. The molecule has 1 atom stereocenters. The van der Waals surface area contributed by atoms with Gasteiger partial charge in [0, 0.05) is 6.20 Å². The molecule has 1 saturated carbocycles. The monoisotopic (exact) mass is 287 g/mol. The lowest BCUT2D eigenvalue weighted by molar-refractivity contribution is -0.145. The van der Waals surface area contributed by atoms with Crippen molar-refractivity contribution in [3.63, 3.8) is 0 Å². The Kier molecular flexibility index (Phi) is 3.68. The van der Waals surface area contributed by atoms with Gasteiger partial charge in [-0.15, -0.1) is 0 Å². The normalized spacial score (nSPS) is 23.5. The summed E-state index contributed by atoms with van der Waals surface area (Å²) in [6.07, 6.45) is 5.43. The summed E-state index contributed by atoms with van der Waals surface area (Å²) in [5.41, 5.74) is 0.625. The topological polar surface area (TPSA) is 79.4 Å². The first-order valence-corrected chi connectivity index (χ1v) is 7.23. The van der Waals surface area contributed by atoms with Gasteiger partial charge in [-0.05, 0) is 30.9 Å². The van der Waals surface area contributed by atoms with Crippen molar-refractivity contribution in [3.05, 3.63) is 30.1 Å². The highest BCUT2D eigenvalue weighted by Gasteiger charge is 2.45. The van der Waals surface area contributed by atoms with E-state index in [4.69, 9.17) is 0 Å². The van der Waals surface area contributed by atoms with Crippen LogP contribution in [-0.2, 0) is 16.1 Å². The lowest BCUT2D eigenvalue weighted by Gasteiger charge is -2.32. The number of amides is 4. The van der Waals surface area contributed by atoms with Crippen LogP contribution in [0, 0.1) is 11.8 Å². The van der Waals surface area contributed by atoms with E-state index in [2.05, 4.69) is 10.3 Å². The number of hydrogen-bond donors (Lipinski definition) is 1. The molecule has 2 aliphatic rings. The van der Waals surface area contributed by atoms with Crippen LogP contribution in [0.15, 0.2) is 24.4 Å². The summed E-state index contributed by atoms with van der Waals surface area (Å²) in [6, 6.07) is 4.67. The molecule has 3 rings (SSSR count). The molecule has 2 fully saturated rings. The molecule has 0 bridgehead atoms. The summed E-state index contributed by atoms with van der Waals surface area (Å²) in [7, 11) is 0. The van der Waals surface area contributed by atoms with Gasteiger partial charge in [-0.2, -0.15) is 0 Å². The zero-order valence-corrected chi connectivity index (χ0v) is 11.6. The van der Waals surface area contributed by atoms with Crippen LogP contribution >= 0.6 is 0 Å². The number of nitrogens with zero attached hydrogens (tertiary/aromatic N) is 2. The first kappa shape index (κ1) is 13.7. The van der Waals surface area contributed by atoms with E-state index in [1.54, 1.807) is 24.4 Å². The molecule has 1 saturated heterocycles. The average molecular weight is 287 g/mol. The van der Waals surface area contributed by atoms with Crippen molar-refractivity contribution in [2.45, 2.75) is 32.2 Å². The van der Waals surface area contributed by atoms with Gasteiger partial charge in [0.2, 0.25) is 11.8 Å². The SMILES string of the molecule is O=C1NC(=O)N(Cc2ccccn2)C(=O)C1C1CCCC1. The van der Waals surface area contributed by atoms with Gasteiger partial charge in [0.25, 0.3) is 0 Å². The van der Waals surface area contributed by atoms with Crippen LogP contribution in [0.1, 0.15) is 31.4 Å². The Bertz CT molecular complexity index is 567. The molecular weight excluding hydrogens is 270 g/mol. The third-order valence-corrected chi connectivity index (χ3v) is 4.21. The molecule has 0 spiro atoms. The summed E-state index contributed by atoms with van der Waals surface area (Å²) in [6.45, 7) is 0.0992.